The SMILES string of the molecule is CC(C)c1ccc(C(=O)C(C)(O)c2cccc3c2Cc2ccccc2-3)cc1. The summed E-state index contributed by atoms with van der Waals surface area (Å²) in [5, 5.41) is 11.3. The normalized spacial score (nSPS) is 14.6. The summed E-state index contributed by atoms with van der Waals surface area (Å²) in [6.45, 7) is 5.86. The van der Waals surface area contributed by atoms with Gasteiger partial charge in [-0.3, -0.25) is 4.79 Å². The molecule has 27 heavy (non-hydrogen) atoms. The van der Waals surface area contributed by atoms with Crippen molar-refractivity contribution in [3.63, 3.8) is 0 Å². The smallest absolute Gasteiger partial charge is 0.198 e. The lowest BCUT2D eigenvalue weighted by Gasteiger charge is -2.25. The number of hydrogen-bond donors (Lipinski definition) is 1. The van der Waals surface area contributed by atoms with Crippen molar-refractivity contribution in [2.45, 2.75) is 38.7 Å². The molecule has 1 N–H and O–H groups in total. The second kappa shape index (κ2) is 6.47. The molecular formula is C25H24O2. The summed E-state index contributed by atoms with van der Waals surface area (Å²) in [7, 11) is 0. The van der Waals surface area contributed by atoms with E-state index in [4.69, 9.17) is 0 Å². The molecule has 3 aromatic rings. The minimum absolute atomic E-state index is 0.262. The molecule has 0 spiro atoms. The third-order valence-corrected chi connectivity index (χ3v) is 5.66. The Morgan fingerprint density at radius 1 is 0.926 bits per heavy atom. The standard InChI is InChI=1S/C25H24O2/c1-16(2)17-11-13-18(14-12-17)24(26)25(3,27)23-10-6-9-21-20-8-5-4-7-19(20)15-22(21)23/h4-14,16,27H,15H2,1-3H3. The first-order valence-corrected chi connectivity index (χ1v) is 9.47. The third kappa shape index (κ3) is 2.90. The third-order valence-electron chi connectivity index (χ3n) is 5.66. The zero-order chi connectivity index (χ0) is 19.2. The molecular weight excluding hydrogens is 332 g/mol. The maximum atomic E-state index is 13.2. The topological polar surface area (TPSA) is 37.3 Å². The second-order valence-electron chi connectivity index (χ2n) is 7.84. The number of ketones is 1. The van der Waals surface area contributed by atoms with E-state index < -0.39 is 5.60 Å². The molecule has 1 unspecified atom stereocenters. The number of Topliss-reactive ketones (excluding diaryl/α,β-unsaturated/α-hetero) is 1. The van der Waals surface area contributed by atoms with E-state index in [1.165, 1.54) is 16.7 Å². The van der Waals surface area contributed by atoms with E-state index in [2.05, 4.69) is 32.0 Å². The van der Waals surface area contributed by atoms with Gasteiger partial charge in [0, 0.05) is 5.56 Å². The fourth-order valence-electron chi connectivity index (χ4n) is 4.04. The molecule has 1 aliphatic rings. The molecule has 0 aromatic heterocycles. The summed E-state index contributed by atoms with van der Waals surface area (Å²) < 4.78 is 0. The van der Waals surface area contributed by atoms with Gasteiger partial charge in [0.15, 0.2) is 5.78 Å². The van der Waals surface area contributed by atoms with Crippen molar-refractivity contribution < 1.29 is 9.90 Å². The summed E-state index contributed by atoms with van der Waals surface area (Å²) >= 11 is 0. The van der Waals surface area contributed by atoms with Crippen molar-refractivity contribution >= 4 is 5.78 Å². The molecule has 136 valence electrons. The van der Waals surface area contributed by atoms with Crippen LogP contribution in [0, 0.1) is 0 Å². The van der Waals surface area contributed by atoms with Crippen LogP contribution in [-0.4, -0.2) is 10.9 Å². The molecule has 0 saturated carbocycles. The fraction of sp³-hybridized carbons (Fsp3) is 0.240. The lowest BCUT2D eigenvalue weighted by Crippen LogP contribution is -2.33. The Labute approximate surface area is 160 Å². The average Bonchev–Trinajstić information content (AvgIpc) is 3.06. The molecule has 0 radical (unpaired) electrons. The van der Waals surface area contributed by atoms with Crippen LogP contribution in [0.2, 0.25) is 0 Å². The number of benzene rings is 3. The number of aliphatic hydroxyl groups is 1. The Bertz CT molecular complexity index is 1010. The molecule has 0 aliphatic heterocycles. The molecule has 0 fully saturated rings. The van der Waals surface area contributed by atoms with Gasteiger partial charge in [0.05, 0.1) is 0 Å². The van der Waals surface area contributed by atoms with Crippen molar-refractivity contribution in [2.75, 3.05) is 0 Å². The van der Waals surface area contributed by atoms with E-state index in [1.54, 1.807) is 6.92 Å². The van der Waals surface area contributed by atoms with E-state index in [0.717, 1.165) is 17.5 Å². The van der Waals surface area contributed by atoms with Crippen LogP contribution in [0.4, 0.5) is 0 Å². The predicted octanol–water partition coefficient (Wildman–Crippen LogP) is 5.47. The molecule has 0 heterocycles. The van der Waals surface area contributed by atoms with Crippen LogP contribution in [0.3, 0.4) is 0 Å². The van der Waals surface area contributed by atoms with E-state index >= 15 is 0 Å². The average molecular weight is 356 g/mol. The lowest BCUT2D eigenvalue weighted by atomic mass is 9.83. The van der Waals surface area contributed by atoms with Crippen LogP contribution in [0.5, 0.6) is 0 Å². The Kier molecular flexibility index (Phi) is 4.24. The quantitative estimate of drug-likeness (QED) is 0.492. The van der Waals surface area contributed by atoms with Gasteiger partial charge in [-0.25, -0.2) is 0 Å². The Balaban J connectivity index is 1.74. The predicted molar refractivity (Wildman–Crippen MR) is 109 cm³/mol. The molecule has 1 atom stereocenters. The highest BCUT2D eigenvalue weighted by Gasteiger charge is 2.37. The van der Waals surface area contributed by atoms with Gasteiger partial charge in [-0.1, -0.05) is 80.6 Å². The number of fused-ring (bicyclic) bond motifs is 3. The highest BCUT2D eigenvalue weighted by atomic mass is 16.3. The van der Waals surface area contributed by atoms with Gasteiger partial charge in [-0.15, -0.1) is 0 Å². The van der Waals surface area contributed by atoms with E-state index in [1.807, 2.05) is 48.5 Å². The Morgan fingerprint density at radius 2 is 1.59 bits per heavy atom. The van der Waals surface area contributed by atoms with Crippen LogP contribution in [0.15, 0.2) is 66.7 Å². The van der Waals surface area contributed by atoms with Crippen molar-refractivity contribution in [2.24, 2.45) is 0 Å². The van der Waals surface area contributed by atoms with Crippen molar-refractivity contribution in [1.82, 2.24) is 0 Å². The van der Waals surface area contributed by atoms with Crippen LogP contribution in [0.25, 0.3) is 11.1 Å². The minimum Gasteiger partial charge on any atom is -0.377 e. The van der Waals surface area contributed by atoms with Crippen LogP contribution >= 0.6 is 0 Å². The first kappa shape index (κ1) is 17.7. The van der Waals surface area contributed by atoms with Gasteiger partial charge in [0.1, 0.15) is 5.60 Å². The summed E-state index contributed by atoms with van der Waals surface area (Å²) in [6.07, 6.45) is 0.747. The summed E-state index contributed by atoms with van der Waals surface area (Å²) in [6, 6.07) is 21.7. The van der Waals surface area contributed by atoms with E-state index in [-0.39, 0.29) is 5.78 Å². The molecule has 0 bridgehead atoms. The summed E-state index contributed by atoms with van der Waals surface area (Å²) in [5.41, 5.74) is 5.46. The fourth-order valence-corrected chi connectivity index (χ4v) is 4.04. The van der Waals surface area contributed by atoms with Crippen molar-refractivity contribution in [1.29, 1.82) is 0 Å². The van der Waals surface area contributed by atoms with Gasteiger partial charge < -0.3 is 5.11 Å². The maximum absolute atomic E-state index is 13.2. The summed E-state index contributed by atoms with van der Waals surface area (Å²) in [4.78, 5) is 13.2. The molecule has 0 saturated heterocycles. The van der Waals surface area contributed by atoms with Crippen LogP contribution in [-0.2, 0) is 12.0 Å². The lowest BCUT2D eigenvalue weighted by molar-refractivity contribution is 0.0389. The number of rotatable bonds is 4. The summed E-state index contributed by atoms with van der Waals surface area (Å²) in [5.74, 6) is 0.146. The van der Waals surface area contributed by atoms with Gasteiger partial charge >= 0.3 is 0 Å². The first-order chi connectivity index (χ1) is 12.9. The van der Waals surface area contributed by atoms with Crippen LogP contribution < -0.4 is 0 Å². The molecule has 3 aromatic carbocycles. The highest BCUT2D eigenvalue weighted by Crippen LogP contribution is 2.41. The van der Waals surface area contributed by atoms with Gasteiger partial charge in [-0.05, 0) is 52.6 Å². The first-order valence-electron chi connectivity index (χ1n) is 9.47. The number of carbonyl (C=O) groups is 1. The van der Waals surface area contributed by atoms with Gasteiger partial charge in [-0.2, -0.15) is 0 Å². The monoisotopic (exact) mass is 356 g/mol. The maximum Gasteiger partial charge on any atom is 0.198 e. The number of hydrogen-bond acceptors (Lipinski definition) is 2. The second-order valence-corrected chi connectivity index (χ2v) is 7.84. The minimum atomic E-state index is -1.56. The van der Waals surface area contributed by atoms with E-state index in [0.29, 0.717) is 17.0 Å². The van der Waals surface area contributed by atoms with Crippen LogP contribution in [0.1, 0.15) is 59.3 Å². The van der Waals surface area contributed by atoms with Gasteiger partial charge in [0.2, 0.25) is 0 Å². The van der Waals surface area contributed by atoms with Crippen molar-refractivity contribution in [3.05, 3.63) is 94.5 Å². The largest absolute Gasteiger partial charge is 0.377 e. The van der Waals surface area contributed by atoms with Crippen molar-refractivity contribution in [3.8, 4) is 11.1 Å². The molecule has 0 amide bonds. The zero-order valence-electron chi connectivity index (χ0n) is 16.0. The zero-order valence-corrected chi connectivity index (χ0v) is 16.0. The molecule has 1 aliphatic carbocycles. The Hall–Kier alpha value is -2.71. The molecule has 2 nitrogen and oxygen atoms in total. The Morgan fingerprint density at radius 3 is 2.30 bits per heavy atom. The van der Waals surface area contributed by atoms with Gasteiger partial charge in [0.25, 0.3) is 0 Å². The van der Waals surface area contributed by atoms with E-state index in [9.17, 15) is 9.90 Å². The highest BCUT2D eigenvalue weighted by molar-refractivity contribution is 6.03. The number of carbonyl (C=O) groups excluding carboxylic acids is 1. The molecule has 2 heteroatoms. The molecule has 4 rings (SSSR count).